The molecule has 1 fully saturated rings. The van der Waals surface area contributed by atoms with Crippen LogP contribution in [0.5, 0.6) is 5.75 Å². The lowest BCUT2D eigenvalue weighted by Gasteiger charge is -2.26. The average Bonchev–Trinajstić information content (AvgIpc) is 2.48. The second-order valence-corrected chi connectivity index (χ2v) is 4.53. The number of carbonyl (C=O) groups excluding carboxylic acids is 1. The van der Waals surface area contributed by atoms with Crippen LogP contribution in [-0.2, 0) is 9.53 Å². The molecule has 1 heterocycles. The quantitative estimate of drug-likeness (QED) is 0.890. The first-order chi connectivity index (χ1) is 9.58. The van der Waals surface area contributed by atoms with Crippen LogP contribution >= 0.6 is 0 Å². The molecule has 1 aromatic rings. The minimum absolute atomic E-state index is 0.0499. The van der Waals surface area contributed by atoms with Crippen molar-refractivity contribution in [1.82, 2.24) is 4.90 Å². The Kier molecular flexibility index (Phi) is 4.57. The fourth-order valence-electron chi connectivity index (χ4n) is 1.88. The van der Waals surface area contributed by atoms with Crippen LogP contribution in [0.4, 0.5) is 0 Å². The predicted octanol–water partition coefficient (Wildman–Crippen LogP) is 1.01. The van der Waals surface area contributed by atoms with E-state index in [1.165, 1.54) is 6.92 Å². The lowest BCUT2D eigenvalue weighted by molar-refractivity contribution is -0.144. The van der Waals surface area contributed by atoms with Crippen molar-refractivity contribution in [3.05, 3.63) is 29.8 Å². The van der Waals surface area contributed by atoms with Gasteiger partial charge in [-0.05, 0) is 31.2 Å². The summed E-state index contributed by atoms with van der Waals surface area (Å²) in [5.41, 5.74) is 0.558. The van der Waals surface area contributed by atoms with Crippen molar-refractivity contribution in [1.29, 1.82) is 0 Å². The van der Waals surface area contributed by atoms with Crippen LogP contribution in [0.2, 0.25) is 0 Å². The number of amides is 1. The van der Waals surface area contributed by atoms with Crippen molar-refractivity contribution in [2.75, 3.05) is 26.3 Å². The van der Waals surface area contributed by atoms with E-state index in [0.717, 1.165) is 0 Å². The molecule has 1 N–H and O–H groups in total. The molecule has 0 saturated carbocycles. The molecule has 108 valence electrons. The third-order valence-electron chi connectivity index (χ3n) is 3.06. The molecule has 1 unspecified atom stereocenters. The van der Waals surface area contributed by atoms with Crippen LogP contribution < -0.4 is 4.74 Å². The Labute approximate surface area is 116 Å². The van der Waals surface area contributed by atoms with Gasteiger partial charge in [0.2, 0.25) is 0 Å². The van der Waals surface area contributed by atoms with Gasteiger partial charge in [-0.25, -0.2) is 4.79 Å². The Hall–Kier alpha value is -2.08. The molecule has 6 heteroatoms. The first-order valence-electron chi connectivity index (χ1n) is 6.44. The Morgan fingerprint density at radius 1 is 1.25 bits per heavy atom. The SMILES string of the molecule is CC(Oc1ccc(C(=O)N2CCOCC2)cc1)C(=O)O. The molecular formula is C14H17NO5. The van der Waals surface area contributed by atoms with Gasteiger partial charge in [-0.1, -0.05) is 0 Å². The van der Waals surface area contributed by atoms with Crippen LogP contribution in [-0.4, -0.2) is 54.3 Å². The van der Waals surface area contributed by atoms with Crippen molar-refractivity contribution in [2.24, 2.45) is 0 Å². The monoisotopic (exact) mass is 279 g/mol. The number of nitrogens with zero attached hydrogens (tertiary/aromatic N) is 1. The van der Waals surface area contributed by atoms with E-state index in [1.54, 1.807) is 29.2 Å². The van der Waals surface area contributed by atoms with Gasteiger partial charge in [0.1, 0.15) is 5.75 Å². The predicted molar refractivity (Wildman–Crippen MR) is 70.9 cm³/mol. The van der Waals surface area contributed by atoms with Crippen molar-refractivity contribution in [2.45, 2.75) is 13.0 Å². The maximum absolute atomic E-state index is 12.2. The Morgan fingerprint density at radius 2 is 1.85 bits per heavy atom. The van der Waals surface area contributed by atoms with Crippen LogP contribution in [0.1, 0.15) is 17.3 Å². The number of benzene rings is 1. The van der Waals surface area contributed by atoms with E-state index in [0.29, 0.717) is 37.6 Å². The number of hydrogen-bond acceptors (Lipinski definition) is 4. The van der Waals surface area contributed by atoms with Crippen molar-refractivity contribution >= 4 is 11.9 Å². The smallest absolute Gasteiger partial charge is 0.344 e. The second kappa shape index (κ2) is 6.38. The van der Waals surface area contributed by atoms with Gasteiger partial charge in [0, 0.05) is 18.7 Å². The van der Waals surface area contributed by atoms with Crippen LogP contribution in [0.3, 0.4) is 0 Å². The number of hydrogen-bond donors (Lipinski definition) is 1. The van der Waals surface area contributed by atoms with E-state index in [-0.39, 0.29) is 5.91 Å². The second-order valence-electron chi connectivity index (χ2n) is 4.53. The third-order valence-corrected chi connectivity index (χ3v) is 3.06. The molecule has 1 aromatic carbocycles. The molecule has 0 aliphatic carbocycles. The minimum atomic E-state index is -1.03. The lowest BCUT2D eigenvalue weighted by Crippen LogP contribution is -2.40. The summed E-state index contributed by atoms with van der Waals surface area (Å²) < 4.78 is 10.4. The number of rotatable bonds is 4. The summed E-state index contributed by atoms with van der Waals surface area (Å²) in [6.45, 7) is 3.75. The number of ether oxygens (including phenoxy) is 2. The van der Waals surface area contributed by atoms with Crippen LogP contribution in [0.25, 0.3) is 0 Å². The van der Waals surface area contributed by atoms with Gasteiger partial charge in [0.15, 0.2) is 6.10 Å². The molecule has 0 spiro atoms. The standard InChI is InChI=1S/C14H17NO5/c1-10(14(17)18)20-12-4-2-11(3-5-12)13(16)15-6-8-19-9-7-15/h2-5,10H,6-9H2,1H3,(H,17,18). The Balaban J connectivity index is 2.00. The summed E-state index contributed by atoms with van der Waals surface area (Å²) in [6, 6.07) is 6.49. The first kappa shape index (κ1) is 14.3. The zero-order chi connectivity index (χ0) is 14.5. The van der Waals surface area contributed by atoms with E-state index in [4.69, 9.17) is 14.6 Å². The summed E-state index contributed by atoms with van der Waals surface area (Å²) >= 11 is 0. The van der Waals surface area contributed by atoms with Crippen LogP contribution in [0.15, 0.2) is 24.3 Å². The summed E-state index contributed by atoms with van der Waals surface area (Å²) in [6.07, 6.45) is -0.921. The van der Waals surface area contributed by atoms with Crippen molar-refractivity contribution in [3.63, 3.8) is 0 Å². The fourth-order valence-corrected chi connectivity index (χ4v) is 1.88. The summed E-state index contributed by atoms with van der Waals surface area (Å²) in [4.78, 5) is 24.6. The normalized spacial score (nSPS) is 16.6. The number of carboxylic acid groups (broad SMARTS) is 1. The number of aliphatic carboxylic acids is 1. The molecule has 6 nitrogen and oxygen atoms in total. The minimum Gasteiger partial charge on any atom is -0.479 e. The van der Waals surface area contributed by atoms with Gasteiger partial charge >= 0.3 is 5.97 Å². The number of morpholine rings is 1. The molecule has 0 aromatic heterocycles. The molecule has 0 radical (unpaired) electrons. The zero-order valence-electron chi connectivity index (χ0n) is 11.2. The third kappa shape index (κ3) is 3.48. The van der Waals surface area contributed by atoms with Crippen molar-refractivity contribution < 1.29 is 24.2 Å². The van der Waals surface area contributed by atoms with E-state index < -0.39 is 12.1 Å². The maximum atomic E-state index is 12.2. The molecule has 20 heavy (non-hydrogen) atoms. The van der Waals surface area contributed by atoms with Gasteiger partial charge < -0.3 is 19.5 Å². The maximum Gasteiger partial charge on any atom is 0.344 e. The van der Waals surface area contributed by atoms with Crippen LogP contribution in [0, 0.1) is 0 Å². The van der Waals surface area contributed by atoms with Gasteiger partial charge in [0.25, 0.3) is 5.91 Å². The molecule has 1 aliphatic heterocycles. The highest BCUT2D eigenvalue weighted by molar-refractivity contribution is 5.94. The highest BCUT2D eigenvalue weighted by Gasteiger charge is 2.18. The molecule has 0 bridgehead atoms. The topological polar surface area (TPSA) is 76.1 Å². The van der Waals surface area contributed by atoms with E-state index in [2.05, 4.69) is 0 Å². The zero-order valence-corrected chi connectivity index (χ0v) is 11.2. The van der Waals surface area contributed by atoms with Crippen molar-refractivity contribution in [3.8, 4) is 5.75 Å². The summed E-state index contributed by atoms with van der Waals surface area (Å²) in [5.74, 6) is -0.650. The molecule has 1 amide bonds. The molecule has 1 aliphatic rings. The molecular weight excluding hydrogens is 262 g/mol. The van der Waals surface area contributed by atoms with E-state index in [1.807, 2.05) is 0 Å². The largest absolute Gasteiger partial charge is 0.479 e. The lowest BCUT2D eigenvalue weighted by atomic mass is 10.2. The van der Waals surface area contributed by atoms with Gasteiger partial charge in [-0.2, -0.15) is 0 Å². The van der Waals surface area contributed by atoms with Gasteiger partial charge in [0.05, 0.1) is 13.2 Å². The first-order valence-corrected chi connectivity index (χ1v) is 6.44. The van der Waals surface area contributed by atoms with E-state index in [9.17, 15) is 9.59 Å². The highest BCUT2D eigenvalue weighted by atomic mass is 16.5. The average molecular weight is 279 g/mol. The van der Waals surface area contributed by atoms with E-state index >= 15 is 0 Å². The number of carboxylic acids is 1. The molecule has 2 rings (SSSR count). The van der Waals surface area contributed by atoms with Gasteiger partial charge in [-0.3, -0.25) is 4.79 Å². The Bertz CT molecular complexity index is 479. The van der Waals surface area contributed by atoms with Gasteiger partial charge in [-0.15, -0.1) is 0 Å². The number of carbonyl (C=O) groups is 2. The molecule has 1 atom stereocenters. The molecule has 1 saturated heterocycles. The fraction of sp³-hybridized carbons (Fsp3) is 0.429. The summed E-state index contributed by atoms with van der Waals surface area (Å²) in [7, 11) is 0. The summed E-state index contributed by atoms with van der Waals surface area (Å²) in [5, 5.41) is 8.76. The Morgan fingerprint density at radius 3 is 2.40 bits per heavy atom. The highest BCUT2D eigenvalue weighted by Crippen LogP contribution is 2.16.